The number of anilines is 2. The number of nitrogens with one attached hydrogen (secondary N) is 1. The van der Waals surface area contributed by atoms with Gasteiger partial charge in [0.1, 0.15) is 44.2 Å². The number of phenolic OH excluding ortho intramolecular Hbond substituents is 2. The first-order valence-electron chi connectivity index (χ1n) is 38.5. The zero-order chi connectivity index (χ0) is 78.1. The summed E-state index contributed by atoms with van der Waals surface area (Å²) in [6.45, 7) is 43.2. The molecule has 558 valence electrons. The van der Waals surface area contributed by atoms with Crippen LogP contribution in [0.4, 0.5) is 20.2 Å². The van der Waals surface area contributed by atoms with Crippen molar-refractivity contribution in [2.24, 2.45) is 10.8 Å². The van der Waals surface area contributed by atoms with E-state index in [9.17, 15) is 10.2 Å². The molecule has 13 aromatic rings. The Kier molecular flexibility index (Phi) is 21.0. The summed E-state index contributed by atoms with van der Waals surface area (Å²) in [6.07, 6.45) is 2.18. The van der Waals surface area contributed by atoms with Crippen LogP contribution in [0.2, 0.25) is 0 Å². The predicted octanol–water partition coefficient (Wildman–Crippen LogP) is 26.9. The van der Waals surface area contributed by atoms with Crippen molar-refractivity contribution in [2.45, 2.75) is 162 Å². The topological polar surface area (TPSA) is 75.9 Å². The second-order valence-electron chi connectivity index (χ2n) is 35.1. The summed E-state index contributed by atoms with van der Waals surface area (Å²) >= 11 is 0. The first kappa shape index (κ1) is 76.7. The van der Waals surface area contributed by atoms with Crippen LogP contribution in [0.5, 0.6) is 23.0 Å². The van der Waals surface area contributed by atoms with Gasteiger partial charge in [-0.1, -0.05) is 247 Å². The van der Waals surface area contributed by atoms with E-state index in [1.165, 1.54) is 57.6 Å². The van der Waals surface area contributed by atoms with Gasteiger partial charge >= 0.3 is 0 Å². The second kappa shape index (κ2) is 29.8. The molecule has 0 saturated carbocycles. The van der Waals surface area contributed by atoms with Crippen molar-refractivity contribution in [3.05, 3.63) is 279 Å². The molecule has 6 nitrogen and oxygen atoms in total. The van der Waals surface area contributed by atoms with Crippen molar-refractivity contribution in [3.63, 3.8) is 0 Å². The average Bonchev–Trinajstić information content (AvgIpc) is 1.64. The molecule has 0 fully saturated rings. The van der Waals surface area contributed by atoms with Gasteiger partial charge in [-0.3, -0.25) is 0 Å². The molecule has 0 spiro atoms. The minimum absolute atomic E-state index is 0.00450. The molecule has 0 aliphatic carbocycles. The normalized spacial score (nSPS) is 12.3. The highest BCUT2D eigenvalue weighted by atomic mass is 28.2. The minimum Gasteiger partial charge on any atom is -0.505 e. The number of fused-ring (bicyclic) bond motifs is 3. The molecule has 3 N–H and O–H groups in total. The summed E-state index contributed by atoms with van der Waals surface area (Å²) < 4.78 is 49.1. The molecule has 0 amide bonds. The van der Waals surface area contributed by atoms with Crippen molar-refractivity contribution in [3.8, 4) is 107 Å². The Hall–Kier alpha value is -10.5. The van der Waals surface area contributed by atoms with Crippen LogP contribution in [-0.4, -0.2) is 36.8 Å². The second-order valence-corrected chi connectivity index (χ2v) is 36.6. The SMILES string of the molecule is Cc1cc(C)cc(-c2ccc(-c3ccc(-c4cc(C)cc(C)c4)cc3Nc3cc(C(C)(C)CC(C)(C)C)cc(-c4cc(F)cc(C)c4OC[SiH2]COc4c(C)cc(F)cc4-c4cc(C(C)(C)CC(C)(C)C)cc(-n5c6cc(-c7cc(C)cc(C)c7)ccc6c6ccc(-c7cc(C)cc(C)c7)cc65)c4O)c3O)cc2)c1. The molecule has 0 aliphatic heterocycles. The number of rotatable bonds is 20. The summed E-state index contributed by atoms with van der Waals surface area (Å²) in [5, 5.41) is 32.5. The number of ether oxygens (including phenoxy) is 2. The first-order chi connectivity index (χ1) is 51.4. The number of hydrogen-bond donors (Lipinski definition) is 3. The van der Waals surface area contributed by atoms with Crippen LogP contribution < -0.4 is 14.8 Å². The lowest BCUT2D eigenvalue weighted by Gasteiger charge is -2.34. The number of aryl methyl sites for hydroxylation is 10. The van der Waals surface area contributed by atoms with Crippen LogP contribution in [0.15, 0.2) is 200 Å². The average molecular weight is 1470 g/mol. The Balaban J connectivity index is 0.879. The minimum atomic E-state index is -1.29. The fourth-order valence-electron chi connectivity index (χ4n) is 17.5. The molecule has 9 heteroatoms. The molecule has 0 atom stereocenters. The van der Waals surface area contributed by atoms with E-state index < -0.39 is 32.0 Å². The lowest BCUT2D eigenvalue weighted by Crippen LogP contribution is -2.25. The van der Waals surface area contributed by atoms with Crippen LogP contribution in [0.1, 0.15) is 149 Å². The van der Waals surface area contributed by atoms with E-state index in [0.717, 1.165) is 118 Å². The Bertz CT molecular complexity index is 5510. The maximum Gasteiger partial charge on any atom is 0.147 e. The highest BCUT2D eigenvalue weighted by Gasteiger charge is 2.34. The van der Waals surface area contributed by atoms with Gasteiger partial charge in [0.2, 0.25) is 0 Å². The molecule has 0 radical (unpaired) electrons. The van der Waals surface area contributed by atoms with Gasteiger partial charge in [-0.05, 0) is 243 Å². The first-order valence-corrected chi connectivity index (χ1v) is 40.5. The zero-order valence-electron chi connectivity index (χ0n) is 67.5. The van der Waals surface area contributed by atoms with Crippen molar-refractivity contribution >= 4 is 42.7 Å². The molecule has 13 rings (SSSR count). The van der Waals surface area contributed by atoms with Crippen molar-refractivity contribution in [2.75, 3.05) is 17.8 Å². The molecule has 1 aromatic heterocycles. The third-order valence-electron chi connectivity index (χ3n) is 21.3. The summed E-state index contributed by atoms with van der Waals surface area (Å²) in [6, 6.07) is 69.2. The maximum absolute atomic E-state index is 16.6. The van der Waals surface area contributed by atoms with E-state index in [1.54, 1.807) is 0 Å². The Morgan fingerprint density at radius 1 is 0.339 bits per heavy atom. The van der Waals surface area contributed by atoms with Crippen LogP contribution in [0.25, 0.3) is 105 Å². The van der Waals surface area contributed by atoms with Gasteiger partial charge in [0, 0.05) is 44.3 Å². The van der Waals surface area contributed by atoms with Gasteiger partial charge in [-0.2, -0.15) is 0 Å². The van der Waals surface area contributed by atoms with E-state index in [-0.39, 0.29) is 34.8 Å². The number of nitrogens with zero attached hydrogens (tertiary/aromatic N) is 1. The number of phenols is 2. The maximum atomic E-state index is 16.6. The monoisotopic (exact) mass is 1460 g/mol. The number of aromatic nitrogens is 1. The van der Waals surface area contributed by atoms with E-state index in [2.05, 4.69) is 298 Å². The van der Waals surface area contributed by atoms with E-state index in [4.69, 9.17) is 9.47 Å². The highest BCUT2D eigenvalue weighted by molar-refractivity contribution is 6.35. The van der Waals surface area contributed by atoms with Gasteiger partial charge in [0.25, 0.3) is 0 Å². The van der Waals surface area contributed by atoms with Crippen LogP contribution >= 0.6 is 0 Å². The Morgan fingerprint density at radius 2 is 0.697 bits per heavy atom. The molecule has 12 aromatic carbocycles. The third-order valence-corrected chi connectivity index (χ3v) is 22.2. The lowest BCUT2D eigenvalue weighted by molar-refractivity contribution is 0.283. The smallest absolute Gasteiger partial charge is 0.147 e. The van der Waals surface area contributed by atoms with Crippen LogP contribution in [-0.2, 0) is 10.8 Å². The molecular formula is C100H106F2N2O4Si. The summed E-state index contributed by atoms with van der Waals surface area (Å²) in [5.41, 5.74) is 27.6. The molecule has 0 aliphatic rings. The summed E-state index contributed by atoms with van der Waals surface area (Å²) in [4.78, 5) is 0. The summed E-state index contributed by atoms with van der Waals surface area (Å²) in [7, 11) is -1.29. The number of halogens is 2. The van der Waals surface area contributed by atoms with Gasteiger partial charge in [0.15, 0.2) is 0 Å². The van der Waals surface area contributed by atoms with Crippen LogP contribution in [0.3, 0.4) is 0 Å². The molecule has 0 bridgehead atoms. The Morgan fingerprint density at radius 3 is 1.11 bits per heavy atom. The zero-order valence-corrected chi connectivity index (χ0v) is 68.9. The molecule has 1 heterocycles. The predicted molar refractivity (Wildman–Crippen MR) is 459 cm³/mol. The van der Waals surface area contributed by atoms with E-state index in [1.807, 2.05) is 26.0 Å². The molecule has 109 heavy (non-hydrogen) atoms. The summed E-state index contributed by atoms with van der Waals surface area (Å²) in [5.74, 6) is -0.0353. The van der Waals surface area contributed by atoms with Crippen molar-refractivity contribution < 1.29 is 28.5 Å². The van der Waals surface area contributed by atoms with Crippen molar-refractivity contribution in [1.82, 2.24) is 4.57 Å². The quantitative estimate of drug-likeness (QED) is 0.0403. The standard InChI is InChI=1S/C100H106F2N2O4Si/c1-58-31-59(2)36-73(35-58)68-21-23-69(24-22-68)81-28-25-70(74-37-60(3)32-61(4)38-74)45-88(81)103-89-50-77(99(17,18)54-97(11,12)13)48-84(93(89)105)86-52-79(101)43-66(9)95(86)107-56-109-57-108-96-67(10)44-80(102)53-87(96)85-49-78(100(19,20)55-98(14,15)16)51-92(94(85)106)104-90-46-71(75-39-62(5)33-63(6)40-75)26-29-82(90)83-30-27-72(47-91(83)104)76-41-64(7)34-65(8)42-76/h21-53,103,105-106H,54-57,109H2,1-20H3. The highest BCUT2D eigenvalue weighted by Crippen LogP contribution is 2.52. The fourth-order valence-corrected chi connectivity index (χ4v) is 18.3. The Labute approximate surface area is 647 Å². The van der Waals surface area contributed by atoms with Gasteiger partial charge < -0.3 is 29.6 Å². The number of benzene rings is 12. The number of hydrogen-bond acceptors (Lipinski definition) is 5. The van der Waals surface area contributed by atoms with Crippen molar-refractivity contribution in [1.29, 1.82) is 0 Å². The lowest BCUT2D eigenvalue weighted by atomic mass is 9.71. The van der Waals surface area contributed by atoms with Gasteiger partial charge in [0.05, 0.1) is 34.9 Å². The molecule has 0 saturated heterocycles. The molecule has 0 unspecified atom stereocenters. The number of aromatic hydroxyl groups is 2. The van der Waals surface area contributed by atoms with E-state index >= 15 is 8.78 Å². The largest absolute Gasteiger partial charge is 0.505 e. The van der Waals surface area contributed by atoms with Crippen LogP contribution in [0, 0.1) is 91.7 Å². The van der Waals surface area contributed by atoms with Gasteiger partial charge in [-0.25, -0.2) is 8.78 Å². The van der Waals surface area contributed by atoms with E-state index in [0.29, 0.717) is 56.3 Å². The molecular weight excluding hydrogens is 1360 g/mol. The third kappa shape index (κ3) is 16.7. The van der Waals surface area contributed by atoms with Gasteiger partial charge in [-0.15, -0.1) is 0 Å². The fraction of sp³-hybridized carbons (Fsp3) is 0.280.